The molecule has 0 bridgehead atoms. The van der Waals surface area contributed by atoms with Gasteiger partial charge in [-0.15, -0.1) is 0 Å². The van der Waals surface area contributed by atoms with Gasteiger partial charge in [0.2, 0.25) is 0 Å². The van der Waals surface area contributed by atoms with E-state index in [1.165, 1.54) is 0 Å². The fourth-order valence-corrected chi connectivity index (χ4v) is 2.20. The Kier molecular flexibility index (Phi) is 7.62. The number of ketones is 1. The van der Waals surface area contributed by atoms with E-state index in [1.807, 2.05) is 0 Å². The van der Waals surface area contributed by atoms with Crippen LogP contribution in [0.25, 0.3) is 0 Å². The molecule has 3 N–H and O–H groups in total. The van der Waals surface area contributed by atoms with E-state index in [0.29, 0.717) is 0 Å². The molecule has 7 nitrogen and oxygen atoms in total. The monoisotopic (exact) mass is 302 g/mol. The minimum absolute atomic E-state index is 0.0475. The first-order valence-electron chi connectivity index (χ1n) is 6.78. The summed E-state index contributed by atoms with van der Waals surface area (Å²) in [6.07, 6.45) is -0.358. The lowest BCUT2D eigenvalue weighted by Gasteiger charge is -2.30. The molecule has 0 radical (unpaired) electrons. The number of hydrogen-bond acceptors (Lipinski definition) is 4. The molecule has 0 amide bonds. The van der Waals surface area contributed by atoms with Crippen LogP contribution >= 0.6 is 0 Å². The zero-order chi connectivity index (χ0) is 16.6. The molecule has 0 fully saturated rings. The van der Waals surface area contributed by atoms with Gasteiger partial charge in [-0.2, -0.15) is 0 Å². The summed E-state index contributed by atoms with van der Waals surface area (Å²) in [4.78, 5) is 44.3. The van der Waals surface area contributed by atoms with Gasteiger partial charge in [-0.25, -0.2) is 0 Å². The third kappa shape index (κ3) is 7.43. The molecule has 0 aliphatic rings. The highest BCUT2D eigenvalue weighted by molar-refractivity contribution is 5.87. The second-order valence-corrected chi connectivity index (χ2v) is 5.55. The second-order valence-electron chi connectivity index (χ2n) is 5.55. The molecule has 1 atom stereocenters. The zero-order valence-corrected chi connectivity index (χ0v) is 12.3. The second kappa shape index (κ2) is 8.39. The number of carbonyl (C=O) groups is 4. The van der Waals surface area contributed by atoms with E-state index in [-0.39, 0.29) is 44.3 Å². The highest BCUT2D eigenvalue weighted by atomic mass is 16.4. The van der Waals surface area contributed by atoms with E-state index in [2.05, 4.69) is 0 Å². The first-order chi connectivity index (χ1) is 9.58. The van der Waals surface area contributed by atoms with Crippen LogP contribution in [0.15, 0.2) is 0 Å². The zero-order valence-electron chi connectivity index (χ0n) is 12.3. The molecule has 1 unspecified atom stereocenters. The maximum Gasteiger partial charge on any atom is 0.303 e. The minimum atomic E-state index is -1.06. The normalized spacial score (nSPS) is 12.7. The summed E-state index contributed by atoms with van der Waals surface area (Å²) in [5.74, 6) is -3.93. The van der Waals surface area contributed by atoms with Crippen molar-refractivity contribution in [3.63, 3.8) is 0 Å². The lowest BCUT2D eigenvalue weighted by molar-refractivity contribution is -0.140. The van der Waals surface area contributed by atoms with Crippen LogP contribution in [-0.4, -0.2) is 39.0 Å². The van der Waals surface area contributed by atoms with E-state index in [4.69, 9.17) is 15.3 Å². The van der Waals surface area contributed by atoms with Crippen molar-refractivity contribution in [3.05, 3.63) is 0 Å². The number of hydrogen-bond donors (Lipinski definition) is 3. The predicted octanol–water partition coefficient (Wildman–Crippen LogP) is 1.79. The van der Waals surface area contributed by atoms with E-state index in [0.717, 1.165) is 0 Å². The summed E-state index contributed by atoms with van der Waals surface area (Å²) >= 11 is 0. The molecule has 21 heavy (non-hydrogen) atoms. The van der Waals surface area contributed by atoms with Gasteiger partial charge in [-0.05, 0) is 19.3 Å². The molecule has 0 saturated heterocycles. The van der Waals surface area contributed by atoms with Crippen LogP contribution in [0.1, 0.15) is 52.4 Å². The van der Waals surface area contributed by atoms with Gasteiger partial charge < -0.3 is 15.3 Å². The van der Waals surface area contributed by atoms with Crippen molar-refractivity contribution in [1.82, 2.24) is 0 Å². The predicted molar refractivity (Wildman–Crippen MR) is 72.9 cm³/mol. The summed E-state index contributed by atoms with van der Waals surface area (Å²) < 4.78 is 0. The Hall–Kier alpha value is -1.92. The number of carboxylic acids is 3. The van der Waals surface area contributed by atoms with E-state index < -0.39 is 29.2 Å². The maximum absolute atomic E-state index is 12.4. The molecule has 0 aromatic rings. The van der Waals surface area contributed by atoms with Crippen molar-refractivity contribution in [2.75, 3.05) is 0 Å². The quantitative estimate of drug-likeness (QED) is 0.530. The van der Waals surface area contributed by atoms with Gasteiger partial charge in [0.25, 0.3) is 0 Å². The molecule has 0 rings (SSSR count). The first-order valence-corrected chi connectivity index (χ1v) is 6.78. The molecular formula is C14H22O7. The number of rotatable bonds is 11. The summed E-state index contributed by atoms with van der Waals surface area (Å²) in [5.41, 5.74) is -1.06. The topological polar surface area (TPSA) is 129 Å². The lowest BCUT2D eigenvalue weighted by Crippen LogP contribution is -2.34. The average Bonchev–Trinajstić information content (AvgIpc) is 2.39. The molecule has 0 aromatic heterocycles. The number of carbonyl (C=O) groups excluding carboxylic acids is 1. The van der Waals surface area contributed by atoms with Gasteiger partial charge in [0, 0.05) is 30.6 Å². The summed E-state index contributed by atoms with van der Waals surface area (Å²) in [5, 5.41) is 26.1. The van der Waals surface area contributed by atoms with Crippen LogP contribution in [-0.2, 0) is 19.2 Å². The molecule has 0 saturated carbocycles. The van der Waals surface area contributed by atoms with Gasteiger partial charge in [0.05, 0.1) is 0 Å². The molecule has 120 valence electrons. The highest BCUT2D eigenvalue weighted by Crippen LogP contribution is 2.34. The minimum Gasteiger partial charge on any atom is -0.481 e. The first kappa shape index (κ1) is 19.1. The Bertz CT molecular complexity index is 396. The van der Waals surface area contributed by atoms with Crippen molar-refractivity contribution in [3.8, 4) is 0 Å². The van der Waals surface area contributed by atoms with Crippen LogP contribution in [0.3, 0.4) is 0 Å². The SMILES string of the molecule is CC(CCC(=O)O)C(=O)C(C)(CCC(=O)O)CCC(=O)O. The molecule has 0 aliphatic heterocycles. The standard InChI is InChI=1S/C14H22O7/c1-9(3-4-10(15)16)13(21)14(2,7-5-11(17)18)8-6-12(19)20/h9H,3-8H2,1-2H3,(H,15,16)(H,17,18)(H,19,20). The smallest absolute Gasteiger partial charge is 0.303 e. The fraction of sp³-hybridized carbons (Fsp3) is 0.714. The number of Topliss-reactive ketones (excluding diaryl/α,β-unsaturated/α-hetero) is 1. The Balaban J connectivity index is 4.89. The molecule has 0 aliphatic carbocycles. The van der Waals surface area contributed by atoms with Gasteiger partial charge in [0.15, 0.2) is 0 Å². The summed E-state index contributed by atoms with van der Waals surface area (Å²) in [7, 11) is 0. The van der Waals surface area contributed by atoms with Gasteiger partial charge in [0.1, 0.15) is 5.78 Å². The van der Waals surface area contributed by atoms with Gasteiger partial charge in [-0.3, -0.25) is 19.2 Å². The molecular weight excluding hydrogens is 280 g/mol. The Morgan fingerprint density at radius 2 is 1.24 bits per heavy atom. The van der Waals surface area contributed by atoms with Crippen LogP contribution < -0.4 is 0 Å². The van der Waals surface area contributed by atoms with Crippen LogP contribution in [0.4, 0.5) is 0 Å². The van der Waals surface area contributed by atoms with Crippen LogP contribution in [0.2, 0.25) is 0 Å². The van der Waals surface area contributed by atoms with Gasteiger partial charge in [-0.1, -0.05) is 13.8 Å². The van der Waals surface area contributed by atoms with Crippen LogP contribution in [0.5, 0.6) is 0 Å². The van der Waals surface area contributed by atoms with Gasteiger partial charge >= 0.3 is 17.9 Å². The molecule has 7 heteroatoms. The average molecular weight is 302 g/mol. The third-order valence-corrected chi connectivity index (χ3v) is 3.61. The van der Waals surface area contributed by atoms with Crippen molar-refractivity contribution in [2.24, 2.45) is 11.3 Å². The lowest BCUT2D eigenvalue weighted by atomic mass is 9.72. The fourth-order valence-electron chi connectivity index (χ4n) is 2.20. The molecule has 0 heterocycles. The molecule has 0 aromatic carbocycles. The Morgan fingerprint density at radius 1 is 0.857 bits per heavy atom. The van der Waals surface area contributed by atoms with E-state index >= 15 is 0 Å². The van der Waals surface area contributed by atoms with Crippen molar-refractivity contribution in [1.29, 1.82) is 0 Å². The summed E-state index contributed by atoms with van der Waals surface area (Å²) in [6, 6.07) is 0. The number of carboxylic acid groups (broad SMARTS) is 3. The van der Waals surface area contributed by atoms with Crippen molar-refractivity contribution in [2.45, 2.75) is 52.4 Å². The van der Waals surface area contributed by atoms with Crippen molar-refractivity contribution >= 4 is 23.7 Å². The van der Waals surface area contributed by atoms with Crippen molar-refractivity contribution < 1.29 is 34.5 Å². The third-order valence-electron chi connectivity index (χ3n) is 3.61. The number of aliphatic carboxylic acids is 3. The largest absolute Gasteiger partial charge is 0.481 e. The summed E-state index contributed by atoms with van der Waals surface area (Å²) in [6.45, 7) is 3.14. The highest BCUT2D eigenvalue weighted by Gasteiger charge is 2.36. The molecule has 0 spiro atoms. The van der Waals surface area contributed by atoms with Crippen LogP contribution in [0, 0.1) is 11.3 Å². The Labute approximate surface area is 123 Å². The van der Waals surface area contributed by atoms with E-state index in [1.54, 1.807) is 13.8 Å². The van der Waals surface area contributed by atoms with E-state index in [9.17, 15) is 19.2 Å². The maximum atomic E-state index is 12.4. The Morgan fingerprint density at radius 3 is 1.57 bits per heavy atom.